The van der Waals surface area contributed by atoms with Crippen LogP contribution in [0.4, 0.5) is 4.79 Å². The molecule has 1 aromatic carbocycles. The van der Waals surface area contributed by atoms with Crippen LogP contribution in [0.2, 0.25) is 0 Å². The number of likely N-dealkylation sites (tertiary alicyclic amines) is 2. The summed E-state index contributed by atoms with van der Waals surface area (Å²) in [6, 6.07) is 5.12. The molecule has 2 aliphatic heterocycles. The van der Waals surface area contributed by atoms with Crippen molar-refractivity contribution < 1.29 is 33.5 Å². The molecular weight excluding hydrogens is 530 g/mol. The Labute approximate surface area is 240 Å². The largest absolute Gasteiger partial charge is 0.444 e. The third-order valence-corrected chi connectivity index (χ3v) is 7.35. The van der Waals surface area contributed by atoms with Crippen LogP contribution in [0.15, 0.2) is 30.3 Å². The van der Waals surface area contributed by atoms with Gasteiger partial charge >= 0.3 is 6.09 Å². The average molecular weight is 572 g/mol. The van der Waals surface area contributed by atoms with Gasteiger partial charge in [-0.15, -0.1) is 0 Å². The molecule has 1 aromatic rings. The molecule has 12 nitrogen and oxygen atoms in total. The van der Waals surface area contributed by atoms with E-state index in [0.29, 0.717) is 25.8 Å². The molecule has 6 amide bonds. The number of primary amides is 1. The van der Waals surface area contributed by atoms with Gasteiger partial charge in [0.1, 0.15) is 30.8 Å². The molecule has 2 aliphatic rings. The highest BCUT2D eigenvalue weighted by atomic mass is 16.6. The molecule has 224 valence electrons. The summed E-state index contributed by atoms with van der Waals surface area (Å²) < 4.78 is 5.28. The predicted octanol–water partition coefficient (Wildman–Crippen LogP) is 1.46. The maximum atomic E-state index is 13.4. The summed E-state index contributed by atoms with van der Waals surface area (Å²) in [7, 11) is 0. The van der Waals surface area contributed by atoms with E-state index in [0.717, 1.165) is 10.5 Å². The maximum Gasteiger partial charge on any atom is 0.417 e. The Morgan fingerprint density at radius 3 is 2.29 bits per heavy atom. The van der Waals surface area contributed by atoms with Crippen LogP contribution in [0.25, 0.3) is 0 Å². The van der Waals surface area contributed by atoms with Crippen molar-refractivity contribution >= 4 is 35.6 Å². The van der Waals surface area contributed by atoms with Crippen molar-refractivity contribution in [1.29, 1.82) is 0 Å². The van der Waals surface area contributed by atoms with Gasteiger partial charge in [0.25, 0.3) is 0 Å². The minimum Gasteiger partial charge on any atom is -0.444 e. The van der Waals surface area contributed by atoms with E-state index in [4.69, 9.17) is 10.5 Å². The lowest BCUT2D eigenvalue weighted by Crippen LogP contribution is -2.59. The first-order valence-electron chi connectivity index (χ1n) is 14.1. The zero-order valence-corrected chi connectivity index (χ0v) is 24.1. The van der Waals surface area contributed by atoms with E-state index in [1.807, 2.05) is 19.9 Å². The second-order valence-electron chi connectivity index (χ2n) is 11.4. The summed E-state index contributed by atoms with van der Waals surface area (Å²) in [4.78, 5) is 79.5. The highest BCUT2D eigenvalue weighted by Crippen LogP contribution is 2.22. The molecule has 2 heterocycles. The normalized spacial score (nSPS) is 20.2. The van der Waals surface area contributed by atoms with Gasteiger partial charge in [0.2, 0.25) is 29.5 Å². The number of rotatable bonds is 11. The quantitative estimate of drug-likeness (QED) is 0.361. The number of carbonyl (C=O) groups excluding carboxylic acids is 6. The third kappa shape index (κ3) is 8.05. The zero-order valence-electron chi connectivity index (χ0n) is 24.1. The van der Waals surface area contributed by atoms with Crippen LogP contribution in [-0.2, 0) is 35.3 Å². The number of hydrogen-bond donors (Lipinski definition) is 3. The highest BCUT2D eigenvalue weighted by molar-refractivity contribution is 6.02. The molecule has 0 aromatic heterocycles. The Morgan fingerprint density at radius 2 is 1.68 bits per heavy atom. The molecule has 0 unspecified atom stereocenters. The SMILES string of the molecule is CC(C)C[C@@H](NC(=O)[C@H](NC(=O)[C@@H]1CCC(=O)N1C(=O)OCc1ccccc1)C(C)C)C(=O)N1CCC[C@@H]1C(N)=O. The number of nitrogens with zero attached hydrogens (tertiary/aromatic N) is 2. The summed E-state index contributed by atoms with van der Waals surface area (Å²) >= 11 is 0. The molecule has 0 spiro atoms. The van der Waals surface area contributed by atoms with E-state index in [1.165, 1.54) is 4.90 Å². The van der Waals surface area contributed by atoms with Crippen molar-refractivity contribution in [1.82, 2.24) is 20.4 Å². The van der Waals surface area contributed by atoms with E-state index >= 15 is 0 Å². The second kappa shape index (κ2) is 14.1. The van der Waals surface area contributed by atoms with Gasteiger partial charge in [-0.05, 0) is 43.1 Å². The smallest absolute Gasteiger partial charge is 0.417 e. The molecule has 0 saturated carbocycles. The summed E-state index contributed by atoms with van der Waals surface area (Å²) in [5, 5.41) is 5.45. The molecule has 0 aliphatic carbocycles. The van der Waals surface area contributed by atoms with Crippen LogP contribution < -0.4 is 16.4 Å². The molecule has 2 fully saturated rings. The molecular formula is C29H41N5O7. The first-order valence-corrected chi connectivity index (χ1v) is 14.1. The number of amides is 6. The number of ether oxygens (including phenoxy) is 1. The Balaban J connectivity index is 1.69. The van der Waals surface area contributed by atoms with Crippen molar-refractivity contribution in [2.75, 3.05) is 6.54 Å². The predicted molar refractivity (Wildman–Crippen MR) is 149 cm³/mol. The van der Waals surface area contributed by atoms with Crippen LogP contribution in [-0.4, -0.2) is 76.1 Å². The van der Waals surface area contributed by atoms with Gasteiger partial charge < -0.3 is 26.0 Å². The molecule has 0 bridgehead atoms. The number of benzene rings is 1. The second-order valence-corrected chi connectivity index (χ2v) is 11.4. The molecule has 0 radical (unpaired) electrons. The summed E-state index contributed by atoms with van der Waals surface area (Å²) in [5.74, 6) is -3.09. The Morgan fingerprint density at radius 1 is 1.00 bits per heavy atom. The fourth-order valence-corrected chi connectivity index (χ4v) is 5.22. The van der Waals surface area contributed by atoms with E-state index in [-0.39, 0.29) is 31.3 Å². The maximum absolute atomic E-state index is 13.4. The van der Waals surface area contributed by atoms with Crippen LogP contribution in [0, 0.1) is 11.8 Å². The number of carbonyl (C=O) groups is 6. The average Bonchev–Trinajstić information content (AvgIpc) is 3.57. The molecule has 2 saturated heterocycles. The van der Waals surface area contributed by atoms with Crippen molar-refractivity contribution in [2.24, 2.45) is 17.6 Å². The van der Waals surface area contributed by atoms with Crippen molar-refractivity contribution in [3.8, 4) is 0 Å². The van der Waals surface area contributed by atoms with Gasteiger partial charge in [0, 0.05) is 13.0 Å². The van der Waals surface area contributed by atoms with Gasteiger partial charge in [-0.25, -0.2) is 9.69 Å². The van der Waals surface area contributed by atoms with E-state index in [2.05, 4.69) is 10.6 Å². The fraction of sp³-hybridized carbons (Fsp3) is 0.586. The lowest BCUT2D eigenvalue weighted by molar-refractivity contribution is -0.142. The number of hydrogen-bond acceptors (Lipinski definition) is 7. The van der Waals surface area contributed by atoms with Crippen molar-refractivity contribution in [3.05, 3.63) is 35.9 Å². The van der Waals surface area contributed by atoms with Crippen LogP contribution in [0.3, 0.4) is 0 Å². The van der Waals surface area contributed by atoms with Gasteiger partial charge in [0.15, 0.2) is 0 Å². The minimum atomic E-state index is -1.13. The summed E-state index contributed by atoms with van der Waals surface area (Å²) in [6.07, 6.45) is 0.576. The van der Waals surface area contributed by atoms with Gasteiger partial charge in [-0.3, -0.25) is 24.0 Å². The van der Waals surface area contributed by atoms with E-state index < -0.39 is 59.8 Å². The Hall–Kier alpha value is -3.96. The summed E-state index contributed by atoms with van der Waals surface area (Å²) in [6.45, 7) is 7.59. The lowest BCUT2D eigenvalue weighted by atomic mass is 9.99. The van der Waals surface area contributed by atoms with E-state index in [1.54, 1.807) is 38.1 Å². The van der Waals surface area contributed by atoms with Crippen LogP contribution in [0.5, 0.6) is 0 Å². The molecule has 3 rings (SSSR count). The van der Waals surface area contributed by atoms with Crippen molar-refractivity contribution in [3.63, 3.8) is 0 Å². The molecule has 12 heteroatoms. The number of nitrogens with one attached hydrogen (secondary N) is 2. The van der Waals surface area contributed by atoms with Gasteiger partial charge in [0.05, 0.1) is 0 Å². The van der Waals surface area contributed by atoms with E-state index in [9.17, 15) is 28.8 Å². The lowest BCUT2D eigenvalue weighted by Gasteiger charge is -2.31. The van der Waals surface area contributed by atoms with Crippen molar-refractivity contribution in [2.45, 2.75) is 90.6 Å². The first-order chi connectivity index (χ1) is 19.4. The topological polar surface area (TPSA) is 168 Å². The molecule has 4 atom stereocenters. The summed E-state index contributed by atoms with van der Waals surface area (Å²) in [5.41, 5.74) is 6.22. The number of nitrogens with two attached hydrogens (primary N) is 1. The van der Waals surface area contributed by atoms with Crippen LogP contribution in [0.1, 0.15) is 65.4 Å². The van der Waals surface area contributed by atoms with Gasteiger partial charge in [-0.1, -0.05) is 58.0 Å². The number of imide groups is 1. The minimum absolute atomic E-state index is 0.0150. The molecule has 41 heavy (non-hydrogen) atoms. The Kier molecular flexibility index (Phi) is 10.8. The van der Waals surface area contributed by atoms with Crippen LogP contribution >= 0.6 is 0 Å². The van der Waals surface area contributed by atoms with Gasteiger partial charge in [-0.2, -0.15) is 0 Å². The standard InChI is InChI=1S/C29H41N5O7/c1-17(2)15-20(28(39)33-14-8-11-21(33)25(30)36)31-27(38)24(18(3)4)32-26(37)22-12-13-23(35)34(22)29(40)41-16-19-9-6-5-7-10-19/h5-7,9-10,17-18,20-22,24H,8,11-16H2,1-4H3,(H2,30,36)(H,31,38)(H,32,37)/t20-,21-,22+,24-/m1/s1. The first kappa shape index (κ1) is 31.6. The third-order valence-electron chi connectivity index (χ3n) is 7.35. The monoisotopic (exact) mass is 571 g/mol. The highest BCUT2D eigenvalue weighted by Gasteiger charge is 2.43. The molecule has 4 N–H and O–H groups in total. The fourth-order valence-electron chi connectivity index (χ4n) is 5.22. The Bertz CT molecular complexity index is 1140. The zero-order chi connectivity index (χ0) is 30.3.